The Morgan fingerprint density at radius 3 is 2.71 bits per heavy atom. The minimum Gasteiger partial charge on any atom is -0.382 e. The Morgan fingerprint density at radius 2 is 1.96 bits per heavy atom. The molecule has 0 bridgehead atoms. The normalized spacial score (nSPS) is 14.5. The molecule has 1 fully saturated rings. The van der Waals surface area contributed by atoms with Gasteiger partial charge in [-0.2, -0.15) is 0 Å². The van der Waals surface area contributed by atoms with E-state index < -0.39 is 0 Å². The maximum absolute atomic E-state index is 12.6. The van der Waals surface area contributed by atoms with E-state index in [4.69, 9.17) is 10.5 Å². The molecule has 0 unspecified atom stereocenters. The van der Waals surface area contributed by atoms with Gasteiger partial charge in [-0.15, -0.1) is 0 Å². The van der Waals surface area contributed by atoms with Crippen LogP contribution in [0.25, 0.3) is 0 Å². The van der Waals surface area contributed by atoms with Gasteiger partial charge in [-0.3, -0.25) is 4.79 Å². The molecule has 7 nitrogen and oxygen atoms in total. The molecule has 1 aromatic heterocycles. The van der Waals surface area contributed by atoms with Crippen LogP contribution >= 0.6 is 0 Å². The molecular formula is C17H21N5O2. The number of ether oxygens (including phenoxy) is 1. The van der Waals surface area contributed by atoms with E-state index in [0.717, 1.165) is 37.6 Å². The summed E-state index contributed by atoms with van der Waals surface area (Å²) in [7, 11) is 1.74. The van der Waals surface area contributed by atoms with Crippen molar-refractivity contribution in [3.63, 3.8) is 0 Å². The highest BCUT2D eigenvalue weighted by Crippen LogP contribution is 2.23. The minimum atomic E-state index is -0.239. The fourth-order valence-electron chi connectivity index (χ4n) is 2.78. The van der Waals surface area contributed by atoms with Crippen molar-refractivity contribution in [1.82, 2.24) is 14.9 Å². The summed E-state index contributed by atoms with van der Waals surface area (Å²) >= 11 is 0. The van der Waals surface area contributed by atoms with Crippen molar-refractivity contribution in [2.75, 3.05) is 44.0 Å². The number of amides is 1. The SMILES string of the molecule is CN(Cc1ccccc1N1CCOCC1)C(=O)c1nccnc1N. The highest BCUT2D eigenvalue weighted by Gasteiger charge is 2.20. The smallest absolute Gasteiger partial charge is 0.276 e. The third-order valence-electron chi connectivity index (χ3n) is 4.03. The molecule has 2 N–H and O–H groups in total. The van der Waals surface area contributed by atoms with Crippen LogP contribution in [-0.4, -0.2) is 54.1 Å². The molecule has 2 heterocycles. The van der Waals surface area contributed by atoms with E-state index in [1.165, 1.54) is 12.4 Å². The molecule has 3 rings (SSSR count). The van der Waals surface area contributed by atoms with Gasteiger partial charge >= 0.3 is 0 Å². The number of morpholine rings is 1. The number of carbonyl (C=O) groups excluding carboxylic acids is 1. The Hall–Kier alpha value is -2.67. The molecule has 2 aromatic rings. The molecule has 0 spiro atoms. The van der Waals surface area contributed by atoms with Crippen LogP contribution < -0.4 is 10.6 Å². The molecule has 1 aliphatic rings. The topological polar surface area (TPSA) is 84.6 Å². The zero-order chi connectivity index (χ0) is 16.9. The van der Waals surface area contributed by atoms with Crippen LogP contribution in [0.3, 0.4) is 0 Å². The molecule has 7 heteroatoms. The highest BCUT2D eigenvalue weighted by molar-refractivity contribution is 5.96. The van der Waals surface area contributed by atoms with Gasteiger partial charge in [0.15, 0.2) is 11.5 Å². The van der Waals surface area contributed by atoms with Crippen LogP contribution in [0.15, 0.2) is 36.7 Å². The summed E-state index contributed by atoms with van der Waals surface area (Å²) in [5, 5.41) is 0. The van der Waals surface area contributed by atoms with Gasteiger partial charge in [0.1, 0.15) is 0 Å². The predicted octanol–water partition coefficient (Wildman–Crippen LogP) is 1.17. The van der Waals surface area contributed by atoms with E-state index in [1.54, 1.807) is 11.9 Å². The lowest BCUT2D eigenvalue weighted by atomic mass is 10.1. The van der Waals surface area contributed by atoms with E-state index in [2.05, 4.69) is 20.9 Å². The number of carbonyl (C=O) groups is 1. The van der Waals surface area contributed by atoms with Crippen molar-refractivity contribution in [3.05, 3.63) is 47.9 Å². The lowest BCUT2D eigenvalue weighted by Crippen LogP contribution is -2.37. The molecule has 1 saturated heterocycles. The monoisotopic (exact) mass is 327 g/mol. The lowest BCUT2D eigenvalue weighted by Gasteiger charge is -2.31. The first kappa shape index (κ1) is 16.2. The second-order valence-electron chi connectivity index (χ2n) is 5.68. The van der Waals surface area contributed by atoms with Crippen molar-refractivity contribution in [3.8, 4) is 0 Å². The second-order valence-corrected chi connectivity index (χ2v) is 5.68. The summed E-state index contributed by atoms with van der Waals surface area (Å²) in [5.41, 5.74) is 8.15. The third-order valence-corrected chi connectivity index (χ3v) is 4.03. The number of nitrogen functional groups attached to an aromatic ring is 1. The number of para-hydroxylation sites is 1. The predicted molar refractivity (Wildman–Crippen MR) is 91.7 cm³/mol. The first-order valence-corrected chi connectivity index (χ1v) is 7.89. The first-order valence-electron chi connectivity index (χ1n) is 7.89. The molecule has 1 amide bonds. The van der Waals surface area contributed by atoms with Crippen molar-refractivity contribution in [1.29, 1.82) is 0 Å². The van der Waals surface area contributed by atoms with E-state index in [0.29, 0.717) is 6.54 Å². The molecule has 0 radical (unpaired) electrons. The number of hydrogen-bond donors (Lipinski definition) is 1. The van der Waals surface area contributed by atoms with Gasteiger partial charge in [-0.1, -0.05) is 18.2 Å². The van der Waals surface area contributed by atoms with E-state index in [1.807, 2.05) is 18.2 Å². The number of aromatic nitrogens is 2. The average molecular weight is 327 g/mol. The summed E-state index contributed by atoms with van der Waals surface area (Å²) in [5.74, 6) is -0.0896. The Labute approximate surface area is 141 Å². The average Bonchev–Trinajstić information content (AvgIpc) is 2.63. The van der Waals surface area contributed by atoms with Crippen molar-refractivity contribution < 1.29 is 9.53 Å². The molecule has 126 valence electrons. The number of anilines is 2. The highest BCUT2D eigenvalue weighted by atomic mass is 16.5. The summed E-state index contributed by atoms with van der Waals surface area (Å²) in [6.07, 6.45) is 2.94. The summed E-state index contributed by atoms with van der Waals surface area (Å²) in [4.78, 5) is 24.4. The maximum atomic E-state index is 12.6. The van der Waals surface area contributed by atoms with Gasteiger partial charge in [-0.05, 0) is 11.6 Å². The zero-order valence-electron chi connectivity index (χ0n) is 13.7. The number of hydrogen-bond acceptors (Lipinski definition) is 6. The van der Waals surface area contributed by atoms with Crippen LogP contribution in [0, 0.1) is 0 Å². The minimum absolute atomic E-state index is 0.149. The summed E-state index contributed by atoms with van der Waals surface area (Å²) in [6.45, 7) is 3.62. The standard InChI is InChI=1S/C17H21N5O2/c1-21(17(23)15-16(18)20-7-6-19-15)12-13-4-2-3-5-14(13)22-8-10-24-11-9-22/h2-7H,8-12H2,1H3,(H2,18,20). The largest absolute Gasteiger partial charge is 0.382 e. The van der Waals surface area contributed by atoms with Gasteiger partial charge in [0, 0.05) is 44.8 Å². The van der Waals surface area contributed by atoms with E-state index in [-0.39, 0.29) is 17.4 Å². The molecule has 24 heavy (non-hydrogen) atoms. The molecule has 0 aliphatic carbocycles. The van der Waals surface area contributed by atoms with Crippen molar-refractivity contribution in [2.24, 2.45) is 0 Å². The molecule has 0 saturated carbocycles. The van der Waals surface area contributed by atoms with Gasteiger partial charge in [-0.25, -0.2) is 9.97 Å². The van der Waals surface area contributed by atoms with Gasteiger partial charge in [0.05, 0.1) is 13.2 Å². The third kappa shape index (κ3) is 3.46. The van der Waals surface area contributed by atoms with Crippen molar-refractivity contribution >= 4 is 17.4 Å². The first-order chi connectivity index (χ1) is 11.7. The number of nitrogens with two attached hydrogens (primary N) is 1. The Balaban J connectivity index is 1.78. The Morgan fingerprint density at radius 1 is 1.25 bits per heavy atom. The number of benzene rings is 1. The van der Waals surface area contributed by atoms with Crippen molar-refractivity contribution in [2.45, 2.75) is 6.54 Å². The summed E-state index contributed by atoms with van der Waals surface area (Å²) < 4.78 is 5.42. The van der Waals surface area contributed by atoms with Crippen LogP contribution in [0.4, 0.5) is 11.5 Å². The number of nitrogens with zero attached hydrogens (tertiary/aromatic N) is 4. The second kappa shape index (κ2) is 7.27. The Bertz CT molecular complexity index is 716. The fourth-order valence-corrected chi connectivity index (χ4v) is 2.78. The van der Waals surface area contributed by atoms with Crippen LogP contribution in [-0.2, 0) is 11.3 Å². The van der Waals surface area contributed by atoms with Crippen LogP contribution in [0.5, 0.6) is 0 Å². The maximum Gasteiger partial charge on any atom is 0.276 e. The summed E-state index contributed by atoms with van der Waals surface area (Å²) in [6, 6.07) is 8.11. The fraction of sp³-hybridized carbons (Fsp3) is 0.353. The van der Waals surface area contributed by atoms with Crippen LogP contribution in [0.2, 0.25) is 0 Å². The molecular weight excluding hydrogens is 306 g/mol. The zero-order valence-corrected chi connectivity index (χ0v) is 13.7. The van der Waals surface area contributed by atoms with E-state index >= 15 is 0 Å². The van der Waals surface area contributed by atoms with Gasteiger partial charge in [0.25, 0.3) is 5.91 Å². The van der Waals surface area contributed by atoms with Gasteiger partial charge < -0.3 is 20.3 Å². The van der Waals surface area contributed by atoms with Crippen LogP contribution in [0.1, 0.15) is 16.1 Å². The molecule has 0 atom stereocenters. The quantitative estimate of drug-likeness (QED) is 0.907. The van der Waals surface area contributed by atoms with E-state index in [9.17, 15) is 4.79 Å². The number of rotatable bonds is 4. The Kier molecular flexibility index (Phi) is 4.90. The molecule has 1 aliphatic heterocycles. The lowest BCUT2D eigenvalue weighted by molar-refractivity contribution is 0.0780. The molecule has 1 aromatic carbocycles. The van der Waals surface area contributed by atoms with Gasteiger partial charge in [0.2, 0.25) is 0 Å².